The Labute approximate surface area is 152 Å². The zero-order valence-electron chi connectivity index (χ0n) is 14.3. The molecule has 3 rings (SSSR count). The van der Waals surface area contributed by atoms with E-state index in [2.05, 4.69) is 5.32 Å². The Hall–Kier alpha value is -2.27. The van der Waals surface area contributed by atoms with E-state index in [-0.39, 0.29) is 11.8 Å². The minimum Gasteiger partial charge on any atom is -0.326 e. The van der Waals surface area contributed by atoms with Crippen molar-refractivity contribution < 1.29 is 9.59 Å². The number of aryl methyl sites for hydroxylation is 1. The summed E-state index contributed by atoms with van der Waals surface area (Å²) < 4.78 is 0. The molecular weight excluding hydrogens is 332 g/mol. The lowest BCUT2D eigenvalue weighted by Gasteiger charge is -2.19. The zero-order chi connectivity index (χ0) is 17.6. The van der Waals surface area contributed by atoms with Crippen LogP contribution in [-0.4, -0.2) is 24.1 Å². The predicted octanol–water partition coefficient (Wildman–Crippen LogP) is 4.24. The minimum absolute atomic E-state index is 0.00725. The first-order valence-corrected chi connectivity index (χ1v) is 9.51. The van der Waals surface area contributed by atoms with Crippen molar-refractivity contribution >= 4 is 35.0 Å². The van der Waals surface area contributed by atoms with Crippen molar-refractivity contribution in [3.05, 3.63) is 54.1 Å². The van der Waals surface area contributed by atoms with Gasteiger partial charge in [0, 0.05) is 41.4 Å². The molecule has 25 heavy (non-hydrogen) atoms. The van der Waals surface area contributed by atoms with Gasteiger partial charge in [-0.1, -0.05) is 18.2 Å². The smallest absolute Gasteiger partial charge is 0.227 e. The molecule has 2 aromatic carbocycles. The Kier molecular flexibility index (Phi) is 5.76. The Balaban J connectivity index is 1.53. The van der Waals surface area contributed by atoms with E-state index in [9.17, 15) is 9.59 Å². The molecule has 1 saturated heterocycles. The largest absolute Gasteiger partial charge is 0.326 e. The zero-order valence-corrected chi connectivity index (χ0v) is 15.1. The molecule has 2 amide bonds. The van der Waals surface area contributed by atoms with Crippen molar-refractivity contribution in [3.8, 4) is 0 Å². The summed E-state index contributed by atoms with van der Waals surface area (Å²) in [4.78, 5) is 27.0. The molecule has 5 heteroatoms. The second-order valence-corrected chi connectivity index (χ2v) is 7.28. The van der Waals surface area contributed by atoms with Crippen molar-refractivity contribution in [1.29, 1.82) is 0 Å². The van der Waals surface area contributed by atoms with Gasteiger partial charge in [0.25, 0.3) is 0 Å². The van der Waals surface area contributed by atoms with Crippen LogP contribution in [0, 0.1) is 6.92 Å². The number of carbonyl (C=O) groups excluding carboxylic acids is 2. The lowest BCUT2D eigenvalue weighted by Crippen LogP contribution is -2.24. The molecule has 1 aliphatic heterocycles. The van der Waals surface area contributed by atoms with Crippen LogP contribution < -0.4 is 10.2 Å². The third-order valence-corrected chi connectivity index (χ3v) is 5.20. The summed E-state index contributed by atoms with van der Waals surface area (Å²) in [6.45, 7) is 2.75. The maximum atomic E-state index is 12.1. The first-order valence-electron chi connectivity index (χ1n) is 8.52. The molecule has 4 nitrogen and oxygen atoms in total. The van der Waals surface area contributed by atoms with Gasteiger partial charge in [-0.2, -0.15) is 0 Å². The molecular formula is C20H22N2O2S. The summed E-state index contributed by atoms with van der Waals surface area (Å²) in [5.41, 5.74) is 2.73. The van der Waals surface area contributed by atoms with Crippen LogP contribution in [0.2, 0.25) is 0 Å². The summed E-state index contributed by atoms with van der Waals surface area (Å²) in [6.07, 6.45) is 2.00. The number of hydrogen-bond donors (Lipinski definition) is 1. The van der Waals surface area contributed by atoms with Crippen molar-refractivity contribution in [3.63, 3.8) is 0 Å². The molecule has 0 atom stereocenters. The summed E-state index contributed by atoms with van der Waals surface area (Å²) >= 11 is 1.68. The summed E-state index contributed by atoms with van der Waals surface area (Å²) in [6, 6.07) is 15.8. The second-order valence-electron chi connectivity index (χ2n) is 6.11. The molecule has 0 bridgehead atoms. The van der Waals surface area contributed by atoms with E-state index in [0.29, 0.717) is 12.8 Å². The highest BCUT2D eigenvalue weighted by Gasteiger charge is 2.22. The molecule has 130 valence electrons. The molecule has 0 aliphatic carbocycles. The molecule has 0 saturated carbocycles. The Morgan fingerprint density at radius 2 is 2.00 bits per heavy atom. The SMILES string of the molecule is Cc1cc(NC(=O)CCSc2ccccc2)ccc1N1CCCC1=O. The van der Waals surface area contributed by atoms with Gasteiger partial charge in [0.05, 0.1) is 0 Å². The van der Waals surface area contributed by atoms with Crippen molar-refractivity contribution in [2.75, 3.05) is 22.5 Å². The summed E-state index contributed by atoms with van der Waals surface area (Å²) in [7, 11) is 0. The highest BCUT2D eigenvalue weighted by molar-refractivity contribution is 7.99. The molecule has 0 spiro atoms. The van der Waals surface area contributed by atoms with Gasteiger partial charge in [0.15, 0.2) is 0 Å². The standard InChI is InChI=1S/C20H22N2O2S/c1-15-14-16(9-10-18(15)22-12-5-8-20(22)24)21-19(23)11-13-25-17-6-3-2-4-7-17/h2-4,6-7,9-10,14H,5,8,11-13H2,1H3,(H,21,23). The van der Waals surface area contributed by atoms with Gasteiger partial charge < -0.3 is 10.2 Å². The fourth-order valence-electron chi connectivity index (χ4n) is 2.94. The van der Waals surface area contributed by atoms with E-state index >= 15 is 0 Å². The first-order chi connectivity index (χ1) is 12.1. The van der Waals surface area contributed by atoms with Crippen LogP contribution in [0.3, 0.4) is 0 Å². The van der Waals surface area contributed by atoms with Gasteiger partial charge >= 0.3 is 0 Å². The van der Waals surface area contributed by atoms with Crippen molar-refractivity contribution in [1.82, 2.24) is 0 Å². The number of benzene rings is 2. The highest BCUT2D eigenvalue weighted by Crippen LogP contribution is 2.27. The fraction of sp³-hybridized carbons (Fsp3) is 0.300. The Bertz CT molecular complexity index is 762. The number of hydrogen-bond acceptors (Lipinski definition) is 3. The number of carbonyl (C=O) groups is 2. The van der Waals surface area contributed by atoms with Crippen LogP contribution >= 0.6 is 11.8 Å². The minimum atomic E-state index is 0.00725. The molecule has 2 aromatic rings. The van der Waals surface area contributed by atoms with Crippen LogP contribution in [0.25, 0.3) is 0 Å². The predicted molar refractivity (Wildman–Crippen MR) is 103 cm³/mol. The number of nitrogens with one attached hydrogen (secondary N) is 1. The van der Waals surface area contributed by atoms with Crippen LogP contribution in [0.1, 0.15) is 24.8 Å². The van der Waals surface area contributed by atoms with Crippen LogP contribution in [0.15, 0.2) is 53.4 Å². The molecule has 1 aliphatic rings. The van der Waals surface area contributed by atoms with Crippen LogP contribution in [0.4, 0.5) is 11.4 Å². The maximum absolute atomic E-state index is 12.1. The topological polar surface area (TPSA) is 49.4 Å². The molecule has 0 aromatic heterocycles. The second kappa shape index (κ2) is 8.21. The van der Waals surface area contributed by atoms with Gasteiger partial charge in [-0.3, -0.25) is 9.59 Å². The van der Waals surface area contributed by atoms with E-state index in [4.69, 9.17) is 0 Å². The van der Waals surface area contributed by atoms with E-state index in [0.717, 1.165) is 35.7 Å². The van der Waals surface area contributed by atoms with Gasteiger partial charge in [-0.05, 0) is 49.2 Å². The van der Waals surface area contributed by atoms with Crippen LogP contribution in [0.5, 0.6) is 0 Å². The monoisotopic (exact) mass is 354 g/mol. The Morgan fingerprint density at radius 1 is 1.20 bits per heavy atom. The number of thioether (sulfide) groups is 1. The Morgan fingerprint density at radius 3 is 2.68 bits per heavy atom. The van der Waals surface area contributed by atoms with E-state index in [1.165, 1.54) is 4.90 Å². The van der Waals surface area contributed by atoms with E-state index in [1.54, 1.807) is 11.8 Å². The molecule has 1 heterocycles. The molecule has 1 N–H and O–H groups in total. The summed E-state index contributed by atoms with van der Waals surface area (Å²) in [5.74, 6) is 0.931. The lowest BCUT2D eigenvalue weighted by molar-refractivity contribution is -0.117. The van der Waals surface area contributed by atoms with Gasteiger partial charge in [-0.25, -0.2) is 0 Å². The average molecular weight is 354 g/mol. The van der Waals surface area contributed by atoms with Crippen molar-refractivity contribution in [2.45, 2.75) is 31.1 Å². The van der Waals surface area contributed by atoms with Gasteiger partial charge in [0.1, 0.15) is 0 Å². The number of rotatable bonds is 6. The fourth-order valence-corrected chi connectivity index (χ4v) is 3.81. The normalized spacial score (nSPS) is 14.0. The maximum Gasteiger partial charge on any atom is 0.227 e. The van der Waals surface area contributed by atoms with Gasteiger partial charge in [0.2, 0.25) is 11.8 Å². The highest BCUT2D eigenvalue weighted by atomic mass is 32.2. The van der Waals surface area contributed by atoms with E-state index in [1.807, 2.05) is 60.4 Å². The summed E-state index contributed by atoms with van der Waals surface area (Å²) in [5, 5.41) is 2.94. The lowest BCUT2D eigenvalue weighted by atomic mass is 10.1. The van der Waals surface area contributed by atoms with E-state index < -0.39 is 0 Å². The van der Waals surface area contributed by atoms with Gasteiger partial charge in [-0.15, -0.1) is 11.8 Å². The molecule has 0 unspecified atom stereocenters. The number of nitrogens with zero attached hydrogens (tertiary/aromatic N) is 1. The van der Waals surface area contributed by atoms with Crippen LogP contribution in [-0.2, 0) is 9.59 Å². The third-order valence-electron chi connectivity index (χ3n) is 4.19. The van der Waals surface area contributed by atoms with Crippen molar-refractivity contribution in [2.24, 2.45) is 0 Å². The number of anilines is 2. The molecule has 1 fully saturated rings. The third kappa shape index (κ3) is 4.63. The average Bonchev–Trinajstić information content (AvgIpc) is 3.02. The number of amides is 2. The molecule has 0 radical (unpaired) electrons. The quantitative estimate of drug-likeness (QED) is 0.789. The first kappa shape index (κ1) is 17.5.